The van der Waals surface area contributed by atoms with E-state index in [-0.39, 0.29) is 69.0 Å². The van der Waals surface area contributed by atoms with Crippen molar-refractivity contribution in [3.8, 4) is 0 Å². The first-order valence-electron chi connectivity index (χ1n) is 30.2. The van der Waals surface area contributed by atoms with Crippen molar-refractivity contribution in [3.63, 3.8) is 0 Å². The third-order valence-corrected chi connectivity index (χ3v) is 15.3. The lowest BCUT2D eigenvalue weighted by molar-refractivity contribution is -0.139. The van der Waals surface area contributed by atoms with Crippen LogP contribution in [0.4, 0.5) is 0 Å². The molecule has 2 aliphatic rings. The van der Waals surface area contributed by atoms with Gasteiger partial charge in [0, 0.05) is 45.1 Å². The molecule has 2 aliphatic heterocycles. The summed E-state index contributed by atoms with van der Waals surface area (Å²) in [6.45, 7) is 15.7. The molecule has 1 aromatic rings. The van der Waals surface area contributed by atoms with Gasteiger partial charge in [0.05, 0.1) is 12.6 Å². The van der Waals surface area contributed by atoms with E-state index in [1.165, 1.54) is 13.0 Å². The van der Waals surface area contributed by atoms with E-state index in [4.69, 9.17) is 0 Å². The lowest BCUT2D eigenvalue weighted by Gasteiger charge is -2.31. The number of hydrogen-bond donors (Lipinski definition) is 13. The molecular weight excluding hydrogens is 1100 g/mol. The highest BCUT2D eigenvalue weighted by atomic mass is 16.3. The molecule has 0 radical (unpaired) electrons. The van der Waals surface area contributed by atoms with Gasteiger partial charge in [-0.3, -0.25) is 52.7 Å². The fourth-order valence-electron chi connectivity index (χ4n) is 10.1. The average Bonchev–Trinajstić information content (AvgIpc) is 3.93. The molecule has 3 rings (SSSR count). The maximum atomic E-state index is 14.6. The molecule has 0 aromatic heterocycles. The molecule has 12 atom stereocenters. The van der Waals surface area contributed by atoms with E-state index in [2.05, 4.69) is 53.2 Å². The zero-order valence-corrected chi connectivity index (χ0v) is 51.3. The Hall–Kier alpha value is -6.99. The van der Waals surface area contributed by atoms with Gasteiger partial charge in [-0.15, -0.1) is 0 Å². The SMILES string of the molecule is C/C=C1\NC(=O)[C@H](CCO)NC(=O)C[C@@H](CCCCC)NC(=O)CNC(=O)[C@H](CC(C)C)NC(=O)[C@@H](C(C)CC)NC(=O)[C@H](C(C)CC)NC(=O)[C@@H](CC(C)C)NC(=O)[C@@H](Cc2ccccc2)NC(=O)[C@H](CCO)NC(=O)[C@@H]2C[C@@H](O)CN2C1=O. The second kappa shape index (κ2) is 36.8. The summed E-state index contributed by atoms with van der Waals surface area (Å²) in [5.41, 5.74) is 0.241. The van der Waals surface area contributed by atoms with Gasteiger partial charge >= 0.3 is 0 Å². The number of benzene rings is 1. The zero-order chi connectivity index (χ0) is 63.5. The first-order valence-corrected chi connectivity index (χ1v) is 30.2. The van der Waals surface area contributed by atoms with E-state index in [0.717, 1.165) is 17.7 Å². The summed E-state index contributed by atoms with van der Waals surface area (Å²) >= 11 is 0. The molecule has 2 saturated heterocycles. The monoisotopic (exact) mass is 1200 g/mol. The molecular formula is C60H97N11O14. The summed E-state index contributed by atoms with van der Waals surface area (Å²) < 4.78 is 0. The van der Waals surface area contributed by atoms with E-state index in [1.54, 1.807) is 44.2 Å². The number of unbranched alkanes of at least 4 members (excludes halogenated alkanes) is 2. The highest BCUT2D eigenvalue weighted by molar-refractivity contribution is 6.02. The van der Waals surface area contributed by atoms with Crippen LogP contribution in [-0.2, 0) is 59.2 Å². The quantitative estimate of drug-likeness (QED) is 0.0687. The minimum atomic E-state index is -1.52. The van der Waals surface area contributed by atoms with Crippen LogP contribution in [0.15, 0.2) is 42.1 Å². The minimum Gasteiger partial charge on any atom is -0.396 e. The maximum absolute atomic E-state index is 14.6. The largest absolute Gasteiger partial charge is 0.396 e. The second-order valence-corrected chi connectivity index (χ2v) is 23.3. The Morgan fingerprint density at radius 1 is 0.565 bits per heavy atom. The number of nitrogens with one attached hydrogen (secondary N) is 10. The fraction of sp³-hybridized carbons (Fsp3) is 0.683. The first-order chi connectivity index (χ1) is 40.3. The first kappa shape index (κ1) is 72.3. The van der Waals surface area contributed by atoms with Crippen LogP contribution in [0.2, 0.25) is 0 Å². The molecule has 0 saturated carbocycles. The summed E-state index contributed by atoms with van der Waals surface area (Å²) in [5.74, 6) is -10.0. The van der Waals surface area contributed by atoms with Crippen LogP contribution in [0.3, 0.4) is 0 Å². The number of aliphatic hydroxyl groups is 3. The predicted molar refractivity (Wildman–Crippen MR) is 317 cm³/mol. The van der Waals surface area contributed by atoms with Gasteiger partial charge in [0.2, 0.25) is 59.1 Å². The molecule has 476 valence electrons. The summed E-state index contributed by atoms with van der Waals surface area (Å²) in [4.78, 5) is 157. The number of carbonyl (C=O) groups is 11. The molecule has 13 N–H and O–H groups in total. The van der Waals surface area contributed by atoms with Crippen LogP contribution in [0.5, 0.6) is 0 Å². The van der Waals surface area contributed by atoms with Crippen molar-refractivity contribution in [2.24, 2.45) is 23.7 Å². The zero-order valence-electron chi connectivity index (χ0n) is 51.3. The van der Waals surface area contributed by atoms with Gasteiger partial charge in [-0.1, -0.05) is 131 Å². The summed E-state index contributed by atoms with van der Waals surface area (Å²) in [6, 6.07) is -2.83. The molecule has 11 amide bonds. The number of carbonyl (C=O) groups excluding carboxylic acids is 11. The van der Waals surface area contributed by atoms with Gasteiger partial charge in [0.25, 0.3) is 5.91 Å². The number of fused-ring (bicyclic) bond motifs is 1. The topological polar surface area (TPSA) is 372 Å². The lowest BCUT2D eigenvalue weighted by atomic mass is 9.93. The molecule has 25 nitrogen and oxygen atoms in total. The summed E-state index contributed by atoms with van der Waals surface area (Å²) in [7, 11) is 0. The minimum absolute atomic E-state index is 0.0703. The Balaban J connectivity index is 2.17. The molecule has 2 heterocycles. The normalized spacial score (nSPS) is 27.0. The van der Waals surface area contributed by atoms with Crippen LogP contribution in [0.25, 0.3) is 0 Å². The van der Waals surface area contributed by atoms with Gasteiger partial charge in [-0.05, 0) is 68.3 Å². The summed E-state index contributed by atoms with van der Waals surface area (Å²) in [6.07, 6.45) is 2.09. The van der Waals surface area contributed by atoms with Crippen molar-refractivity contribution in [1.29, 1.82) is 0 Å². The number of aliphatic hydroxyl groups excluding tert-OH is 3. The lowest BCUT2D eigenvalue weighted by Crippen LogP contribution is -2.62. The molecule has 85 heavy (non-hydrogen) atoms. The maximum Gasteiger partial charge on any atom is 0.270 e. The molecule has 0 bridgehead atoms. The van der Waals surface area contributed by atoms with Crippen molar-refractivity contribution in [2.45, 2.75) is 213 Å². The summed E-state index contributed by atoms with van der Waals surface area (Å²) in [5, 5.41) is 57.9. The molecule has 1 aromatic carbocycles. The molecule has 2 unspecified atom stereocenters. The molecule has 2 fully saturated rings. The van der Waals surface area contributed by atoms with Crippen LogP contribution in [0, 0.1) is 23.7 Å². The van der Waals surface area contributed by atoms with Crippen LogP contribution < -0.4 is 53.2 Å². The Morgan fingerprint density at radius 3 is 1.62 bits per heavy atom. The highest BCUT2D eigenvalue weighted by Crippen LogP contribution is 2.22. The molecule has 0 aliphatic carbocycles. The number of hydrogen-bond acceptors (Lipinski definition) is 14. The Morgan fingerprint density at radius 2 is 1.07 bits per heavy atom. The van der Waals surface area contributed by atoms with Crippen molar-refractivity contribution in [3.05, 3.63) is 47.7 Å². The molecule has 0 spiro atoms. The highest BCUT2D eigenvalue weighted by Gasteiger charge is 2.42. The van der Waals surface area contributed by atoms with Crippen molar-refractivity contribution >= 4 is 65.0 Å². The number of allylic oxidation sites excluding steroid dienone is 1. The van der Waals surface area contributed by atoms with Crippen molar-refractivity contribution in [1.82, 2.24) is 58.1 Å². The third kappa shape index (κ3) is 23.8. The smallest absolute Gasteiger partial charge is 0.270 e. The van der Waals surface area contributed by atoms with Crippen molar-refractivity contribution in [2.75, 3.05) is 26.3 Å². The van der Waals surface area contributed by atoms with Crippen LogP contribution in [0.1, 0.15) is 152 Å². The van der Waals surface area contributed by atoms with Gasteiger partial charge in [0.15, 0.2) is 0 Å². The second-order valence-electron chi connectivity index (χ2n) is 23.3. The fourth-order valence-corrected chi connectivity index (χ4v) is 10.1. The Kier molecular flexibility index (Phi) is 31.3. The van der Waals surface area contributed by atoms with Gasteiger partial charge in [0.1, 0.15) is 54.0 Å². The van der Waals surface area contributed by atoms with Crippen LogP contribution in [-0.4, -0.2) is 172 Å². The number of amides is 11. The van der Waals surface area contributed by atoms with E-state index in [9.17, 15) is 68.1 Å². The van der Waals surface area contributed by atoms with Crippen molar-refractivity contribution < 1.29 is 68.1 Å². The van der Waals surface area contributed by atoms with Gasteiger partial charge in [-0.2, -0.15) is 0 Å². The van der Waals surface area contributed by atoms with Gasteiger partial charge in [-0.25, -0.2) is 0 Å². The van der Waals surface area contributed by atoms with Gasteiger partial charge < -0.3 is 73.4 Å². The Bertz CT molecular complexity index is 2440. The van der Waals surface area contributed by atoms with E-state index >= 15 is 0 Å². The standard InChI is InChI=1S/C60H97N11O14/c1-11-15-17-22-39-30-48(75)63-42(23-25-72)53(78)64-41(14-4)60(85)71-33-40(74)31-47(71)57(82)65-43(24-26-73)54(79)67-46(29-38-20-18-16-19-21-38)55(80)66-45(28-35(7)8)56(81)69-51(37(10)13-3)59(84)70-50(36(9)12-2)58(83)68-44(27-34(5)6)52(77)61-32-49(76)62-39/h14,16,18-21,34-37,39-40,42-47,50-51,72-74H,11-13,15,17,22-33H2,1-10H3,(H,61,77)(H,62,76)(H,63,75)(H,64,78)(H,65,82)(H,66,80)(H,67,79)(H,68,83)(H,69,81)(H,70,84)/b41-14-/t36?,37?,39-,40-,42+,43+,44+,45-,46-,47+,50-,51+/m1/s1. The number of nitrogens with zero attached hydrogens (tertiary/aromatic N) is 1. The predicted octanol–water partition coefficient (Wildman–Crippen LogP) is 0.139. The molecule has 25 heteroatoms. The third-order valence-electron chi connectivity index (χ3n) is 15.3. The Labute approximate surface area is 500 Å². The average molecular weight is 1200 g/mol. The van der Waals surface area contributed by atoms with E-state index < -0.39 is 157 Å². The number of rotatable bonds is 18. The van der Waals surface area contributed by atoms with E-state index in [0.29, 0.717) is 31.2 Å². The van der Waals surface area contributed by atoms with Crippen LogP contribution >= 0.6 is 0 Å². The van der Waals surface area contributed by atoms with E-state index in [1.807, 2.05) is 48.5 Å².